The summed E-state index contributed by atoms with van der Waals surface area (Å²) in [5.74, 6) is -0.668. The summed E-state index contributed by atoms with van der Waals surface area (Å²) in [5, 5.41) is 0. The Kier molecular flexibility index (Phi) is 7.08. The molecular weight excluding hydrogens is 438 g/mol. The monoisotopic (exact) mass is 458 g/mol. The summed E-state index contributed by atoms with van der Waals surface area (Å²) in [4.78, 5) is 25.6. The van der Waals surface area contributed by atoms with Crippen molar-refractivity contribution in [2.24, 2.45) is 0 Å². The van der Waals surface area contributed by atoms with Crippen LogP contribution in [0.25, 0.3) is 0 Å². The maximum Gasteiger partial charge on any atom is 0.196 e. The predicted octanol–water partition coefficient (Wildman–Crippen LogP) is 5.88. The third kappa shape index (κ3) is 5.35. The third-order valence-corrected chi connectivity index (χ3v) is 5.07. The number of para-hydroxylation sites is 2. The largest absolute Gasteiger partial charge is 0.489 e. The van der Waals surface area contributed by atoms with Gasteiger partial charge in [0.25, 0.3) is 0 Å². The fourth-order valence-electron chi connectivity index (χ4n) is 3.38. The Hall–Kier alpha value is -4.32. The van der Waals surface area contributed by atoms with Crippen LogP contribution in [0.2, 0.25) is 0 Å². The molecule has 0 saturated heterocycles. The van der Waals surface area contributed by atoms with Crippen molar-refractivity contribution < 1.29 is 27.8 Å². The maximum atomic E-state index is 13.2. The zero-order valence-corrected chi connectivity index (χ0v) is 18.0. The molecule has 0 spiro atoms. The molecule has 0 bridgehead atoms. The van der Waals surface area contributed by atoms with Crippen molar-refractivity contribution in [1.29, 1.82) is 0 Å². The van der Waals surface area contributed by atoms with E-state index in [2.05, 4.69) is 0 Å². The van der Waals surface area contributed by atoms with Crippen molar-refractivity contribution in [2.75, 3.05) is 13.2 Å². The number of benzene rings is 4. The van der Waals surface area contributed by atoms with Crippen LogP contribution in [0.3, 0.4) is 0 Å². The van der Waals surface area contributed by atoms with Gasteiger partial charge in [-0.3, -0.25) is 9.59 Å². The second-order valence-electron chi connectivity index (χ2n) is 7.36. The van der Waals surface area contributed by atoms with Gasteiger partial charge in [0.05, 0.1) is 11.1 Å². The minimum atomic E-state index is -0.420. The molecule has 4 rings (SSSR count). The summed E-state index contributed by atoms with van der Waals surface area (Å²) >= 11 is 0. The second kappa shape index (κ2) is 10.5. The molecule has 0 N–H and O–H groups in total. The summed E-state index contributed by atoms with van der Waals surface area (Å²) in [6, 6.07) is 24.2. The van der Waals surface area contributed by atoms with E-state index in [1.807, 2.05) is 0 Å². The van der Waals surface area contributed by atoms with Gasteiger partial charge < -0.3 is 9.47 Å². The molecule has 0 saturated carbocycles. The first-order chi connectivity index (χ1) is 16.5. The lowest BCUT2D eigenvalue weighted by molar-refractivity contribution is 0.102. The molecule has 0 aromatic heterocycles. The number of rotatable bonds is 9. The zero-order valence-electron chi connectivity index (χ0n) is 18.0. The molecular formula is C28H20F2O4. The Balaban J connectivity index is 1.41. The van der Waals surface area contributed by atoms with E-state index in [9.17, 15) is 18.4 Å². The molecule has 0 heterocycles. The molecule has 0 amide bonds. The van der Waals surface area contributed by atoms with Crippen LogP contribution in [0, 0.1) is 11.6 Å². The van der Waals surface area contributed by atoms with Gasteiger partial charge in [-0.1, -0.05) is 24.3 Å². The van der Waals surface area contributed by atoms with Gasteiger partial charge in [0.15, 0.2) is 11.6 Å². The van der Waals surface area contributed by atoms with Gasteiger partial charge in [0, 0.05) is 11.1 Å². The molecule has 0 fully saturated rings. The Labute approximate surface area is 195 Å². The minimum Gasteiger partial charge on any atom is -0.489 e. The molecule has 0 unspecified atom stereocenters. The maximum absolute atomic E-state index is 13.2. The van der Waals surface area contributed by atoms with E-state index in [1.165, 1.54) is 48.5 Å². The molecule has 170 valence electrons. The average Bonchev–Trinajstić information content (AvgIpc) is 2.87. The summed E-state index contributed by atoms with van der Waals surface area (Å²) in [7, 11) is 0. The number of carbonyl (C=O) groups excluding carboxylic acids is 2. The number of halogens is 2. The summed E-state index contributed by atoms with van der Waals surface area (Å²) in [5.41, 5.74) is 1.39. The summed E-state index contributed by atoms with van der Waals surface area (Å²) in [6.07, 6.45) is 0. The van der Waals surface area contributed by atoms with E-state index >= 15 is 0 Å². The van der Waals surface area contributed by atoms with Crippen LogP contribution in [0.1, 0.15) is 31.8 Å². The van der Waals surface area contributed by atoms with Crippen LogP contribution in [-0.2, 0) is 0 Å². The van der Waals surface area contributed by atoms with E-state index in [0.717, 1.165) is 0 Å². The van der Waals surface area contributed by atoms with E-state index in [4.69, 9.17) is 9.47 Å². The first kappa shape index (κ1) is 22.9. The van der Waals surface area contributed by atoms with E-state index in [1.54, 1.807) is 48.5 Å². The predicted molar refractivity (Wildman–Crippen MR) is 124 cm³/mol. The van der Waals surface area contributed by atoms with E-state index in [-0.39, 0.29) is 24.8 Å². The normalized spacial score (nSPS) is 10.5. The summed E-state index contributed by atoms with van der Waals surface area (Å²) < 4.78 is 37.9. The molecule has 0 atom stereocenters. The Bertz CT molecular complexity index is 1200. The molecule has 0 aliphatic heterocycles. The van der Waals surface area contributed by atoms with Crippen molar-refractivity contribution in [2.45, 2.75) is 0 Å². The quantitative estimate of drug-likeness (QED) is 0.232. The van der Waals surface area contributed by atoms with Crippen LogP contribution >= 0.6 is 0 Å². The van der Waals surface area contributed by atoms with Gasteiger partial charge in [0.1, 0.15) is 36.3 Å². The van der Waals surface area contributed by atoms with E-state index in [0.29, 0.717) is 33.8 Å². The number of ether oxygens (including phenoxy) is 2. The molecule has 0 aliphatic carbocycles. The average molecular weight is 458 g/mol. The number of ketones is 2. The van der Waals surface area contributed by atoms with Gasteiger partial charge >= 0.3 is 0 Å². The highest BCUT2D eigenvalue weighted by Gasteiger charge is 2.16. The first-order valence-electron chi connectivity index (χ1n) is 10.6. The standard InChI is InChI=1S/C28H20F2O4/c29-21-13-9-19(10-14-21)27(31)23-5-1-3-7-25(23)33-17-18-34-26-8-4-2-6-24(26)28(32)20-11-15-22(30)16-12-20/h1-16H,17-18H2. The van der Waals surface area contributed by atoms with Crippen LogP contribution < -0.4 is 9.47 Å². The van der Waals surface area contributed by atoms with Gasteiger partial charge in [-0.25, -0.2) is 8.78 Å². The molecule has 4 aromatic rings. The molecule has 4 aromatic carbocycles. The topological polar surface area (TPSA) is 52.6 Å². The van der Waals surface area contributed by atoms with Gasteiger partial charge in [-0.05, 0) is 72.8 Å². The Morgan fingerprint density at radius 3 is 1.26 bits per heavy atom. The van der Waals surface area contributed by atoms with Gasteiger partial charge in [-0.15, -0.1) is 0 Å². The minimum absolute atomic E-state index is 0.118. The van der Waals surface area contributed by atoms with Crippen LogP contribution in [-0.4, -0.2) is 24.8 Å². The highest BCUT2D eigenvalue weighted by molar-refractivity contribution is 6.11. The van der Waals surface area contributed by atoms with Crippen molar-refractivity contribution in [3.8, 4) is 11.5 Å². The molecule has 6 heteroatoms. The van der Waals surface area contributed by atoms with Crippen molar-refractivity contribution in [3.63, 3.8) is 0 Å². The van der Waals surface area contributed by atoms with Crippen molar-refractivity contribution in [3.05, 3.63) is 131 Å². The second-order valence-corrected chi connectivity index (χ2v) is 7.36. The lowest BCUT2D eigenvalue weighted by Gasteiger charge is -2.13. The van der Waals surface area contributed by atoms with Crippen LogP contribution in [0.15, 0.2) is 97.1 Å². The fourth-order valence-corrected chi connectivity index (χ4v) is 3.38. The Morgan fingerprint density at radius 2 is 0.882 bits per heavy atom. The van der Waals surface area contributed by atoms with Gasteiger partial charge in [-0.2, -0.15) is 0 Å². The smallest absolute Gasteiger partial charge is 0.196 e. The lowest BCUT2D eigenvalue weighted by atomic mass is 10.0. The molecule has 4 nitrogen and oxygen atoms in total. The van der Waals surface area contributed by atoms with Crippen LogP contribution in [0.4, 0.5) is 8.78 Å². The molecule has 0 radical (unpaired) electrons. The molecule has 0 aliphatic rings. The number of hydrogen-bond acceptors (Lipinski definition) is 4. The van der Waals surface area contributed by atoms with E-state index < -0.39 is 11.6 Å². The number of carbonyl (C=O) groups is 2. The van der Waals surface area contributed by atoms with Crippen LogP contribution in [0.5, 0.6) is 11.5 Å². The third-order valence-electron chi connectivity index (χ3n) is 5.07. The molecule has 34 heavy (non-hydrogen) atoms. The SMILES string of the molecule is O=C(c1ccc(F)cc1)c1ccccc1OCCOc1ccccc1C(=O)c1ccc(F)cc1. The number of hydrogen-bond donors (Lipinski definition) is 0. The highest BCUT2D eigenvalue weighted by Crippen LogP contribution is 2.24. The summed E-state index contributed by atoms with van der Waals surface area (Å²) in [6.45, 7) is 0.236. The first-order valence-corrected chi connectivity index (χ1v) is 10.6. The Morgan fingerprint density at radius 1 is 0.529 bits per heavy atom. The lowest BCUT2D eigenvalue weighted by Crippen LogP contribution is -2.13. The highest BCUT2D eigenvalue weighted by atomic mass is 19.1. The van der Waals surface area contributed by atoms with Crippen molar-refractivity contribution >= 4 is 11.6 Å². The van der Waals surface area contributed by atoms with Gasteiger partial charge in [0.2, 0.25) is 0 Å². The van der Waals surface area contributed by atoms with Crippen molar-refractivity contribution in [1.82, 2.24) is 0 Å². The fraction of sp³-hybridized carbons (Fsp3) is 0.0714. The zero-order chi connectivity index (χ0) is 23.9.